The maximum absolute atomic E-state index is 14.1. The molecule has 1 saturated heterocycles. The molecule has 1 unspecified atom stereocenters. The van der Waals surface area contributed by atoms with Crippen LogP contribution in [0, 0.1) is 5.92 Å². The smallest absolute Gasteiger partial charge is 0.319 e. The fraction of sp³-hybridized carbons (Fsp3) is 0.364. The predicted molar refractivity (Wildman–Crippen MR) is 162 cm³/mol. The summed E-state index contributed by atoms with van der Waals surface area (Å²) in [6.07, 6.45) is 0.684. The second-order valence-corrected chi connectivity index (χ2v) is 11.3. The Hall–Kier alpha value is -4.53. The summed E-state index contributed by atoms with van der Waals surface area (Å²) in [5.74, 6) is 1.37. The van der Waals surface area contributed by atoms with Crippen molar-refractivity contribution in [1.29, 1.82) is 0 Å². The number of likely N-dealkylation sites (tertiary alicyclic amines) is 1. The van der Waals surface area contributed by atoms with E-state index in [2.05, 4.69) is 24.5 Å². The third-order valence-electron chi connectivity index (χ3n) is 8.14. The van der Waals surface area contributed by atoms with Crippen LogP contribution in [0.1, 0.15) is 43.0 Å². The van der Waals surface area contributed by atoms with Crippen molar-refractivity contribution in [3.05, 3.63) is 83.4 Å². The molecule has 0 saturated carbocycles. The molecule has 2 aliphatic rings. The van der Waals surface area contributed by atoms with Gasteiger partial charge < -0.3 is 29.9 Å². The maximum Gasteiger partial charge on any atom is 0.319 e. The van der Waals surface area contributed by atoms with E-state index in [1.807, 2.05) is 65.6 Å². The summed E-state index contributed by atoms with van der Waals surface area (Å²) in [4.78, 5) is 44.0. The van der Waals surface area contributed by atoms with Gasteiger partial charge in [-0.05, 0) is 59.4 Å². The van der Waals surface area contributed by atoms with E-state index in [4.69, 9.17) is 9.47 Å². The number of urea groups is 1. The Morgan fingerprint density at radius 3 is 2.43 bits per heavy atom. The number of benzene rings is 3. The topological polar surface area (TPSA) is 100 Å². The Morgan fingerprint density at radius 1 is 1.00 bits per heavy atom. The minimum atomic E-state index is -1.08. The molecule has 9 nitrogen and oxygen atoms in total. The van der Waals surface area contributed by atoms with Crippen molar-refractivity contribution >= 4 is 29.2 Å². The number of anilines is 2. The zero-order chi connectivity index (χ0) is 30.0. The van der Waals surface area contributed by atoms with E-state index in [1.165, 1.54) is 0 Å². The molecule has 0 aromatic heterocycles. The normalized spacial score (nSPS) is 19.4. The molecular formula is C33H38N4O5. The number of hydrogen-bond acceptors (Lipinski definition) is 5. The second-order valence-electron chi connectivity index (χ2n) is 11.3. The Labute approximate surface area is 246 Å². The van der Waals surface area contributed by atoms with Crippen LogP contribution in [0.2, 0.25) is 0 Å². The first-order chi connectivity index (χ1) is 20.2. The highest BCUT2D eigenvalue weighted by molar-refractivity contribution is 6.12. The van der Waals surface area contributed by atoms with Crippen molar-refractivity contribution in [2.75, 3.05) is 44.6 Å². The van der Waals surface area contributed by atoms with Crippen molar-refractivity contribution < 1.29 is 23.9 Å². The van der Waals surface area contributed by atoms with Crippen LogP contribution < -0.4 is 25.0 Å². The van der Waals surface area contributed by atoms with Crippen LogP contribution in [-0.2, 0) is 21.4 Å². The summed E-state index contributed by atoms with van der Waals surface area (Å²) >= 11 is 0. The van der Waals surface area contributed by atoms with Crippen LogP contribution in [0.25, 0.3) is 0 Å². The zero-order valence-electron chi connectivity index (χ0n) is 24.8. The first-order valence-corrected chi connectivity index (χ1v) is 14.2. The number of rotatable bonds is 9. The molecule has 2 heterocycles. The number of likely N-dealkylation sites (N-methyl/N-ethyl adjacent to an activating group) is 1. The summed E-state index contributed by atoms with van der Waals surface area (Å²) in [5.41, 5.74) is 2.90. The molecule has 2 atom stereocenters. The Balaban J connectivity index is 1.39. The standard InChI is InChI=1S/C33H38N4O5/c1-21(2)20-37-29(38)19-33(30(37)23-9-7-6-8-10-23)25-18-24(12-13-26(25)36(3)31(33)39)35-32(40)34-16-15-22-11-14-27(41-4)28(17-22)42-5/h6-14,17-18,21,30H,15-16,19-20H2,1-5H3,(H2,34,35,40)/t30?,33-/m1/s1. The van der Waals surface area contributed by atoms with Gasteiger partial charge in [0.05, 0.1) is 20.3 Å². The third kappa shape index (κ3) is 5.15. The van der Waals surface area contributed by atoms with Crippen molar-refractivity contribution in [1.82, 2.24) is 10.2 Å². The van der Waals surface area contributed by atoms with Gasteiger partial charge in [0.15, 0.2) is 11.5 Å². The highest BCUT2D eigenvalue weighted by atomic mass is 16.5. The van der Waals surface area contributed by atoms with Gasteiger partial charge in [0.25, 0.3) is 0 Å². The highest BCUT2D eigenvalue weighted by Gasteiger charge is 2.63. The largest absolute Gasteiger partial charge is 0.493 e. The highest BCUT2D eigenvalue weighted by Crippen LogP contribution is 2.57. The Morgan fingerprint density at radius 2 is 1.74 bits per heavy atom. The van der Waals surface area contributed by atoms with Gasteiger partial charge >= 0.3 is 6.03 Å². The van der Waals surface area contributed by atoms with E-state index in [9.17, 15) is 14.4 Å². The quantitative estimate of drug-likeness (QED) is 0.381. The molecule has 1 fully saturated rings. The van der Waals surface area contributed by atoms with E-state index in [0.717, 1.165) is 22.4 Å². The van der Waals surface area contributed by atoms with E-state index in [1.54, 1.807) is 32.2 Å². The molecular weight excluding hydrogens is 532 g/mol. The van der Waals surface area contributed by atoms with Gasteiger partial charge in [0.1, 0.15) is 5.41 Å². The lowest BCUT2D eigenvalue weighted by molar-refractivity contribution is -0.129. The number of nitrogens with one attached hydrogen (secondary N) is 2. The second kappa shape index (κ2) is 11.8. The minimum absolute atomic E-state index is 0.0431. The monoisotopic (exact) mass is 570 g/mol. The SMILES string of the molecule is COc1ccc(CCNC(=O)Nc2ccc3c(c2)[C@@]2(CC(=O)N(CC(C)C)C2c2ccccc2)C(=O)N3C)cc1OC. The summed E-state index contributed by atoms with van der Waals surface area (Å²) in [6, 6.07) is 20.1. The van der Waals surface area contributed by atoms with Crippen LogP contribution in [0.5, 0.6) is 11.5 Å². The molecule has 0 radical (unpaired) electrons. The van der Waals surface area contributed by atoms with Crippen molar-refractivity contribution in [2.24, 2.45) is 5.92 Å². The fourth-order valence-corrected chi connectivity index (χ4v) is 6.30. The molecule has 4 amide bonds. The Bertz CT molecular complexity index is 1490. The van der Waals surface area contributed by atoms with Gasteiger partial charge in [0.2, 0.25) is 11.8 Å². The lowest BCUT2D eigenvalue weighted by Gasteiger charge is -2.35. The minimum Gasteiger partial charge on any atom is -0.493 e. The molecule has 3 aromatic rings. The molecule has 5 rings (SSSR count). The van der Waals surface area contributed by atoms with Crippen LogP contribution in [0.3, 0.4) is 0 Å². The first kappa shape index (κ1) is 29.0. The van der Waals surface area contributed by atoms with E-state index in [-0.39, 0.29) is 30.2 Å². The number of methoxy groups -OCH3 is 2. The summed E-state index contributed by atoms with van der Waals surface area (Å²) in [6.45, 7) is 5.10. The number of carbonyl (C=O) groups is 3. The molecule has 0 bridgehead atoms. The molecule has 42 heavy (non-hydrogen) atoms. The van der Waals surface area contributed by atoms with Crippen molar-refractivity contribution in [3.63, 3.8) is 0 Å². The lowest BCUT2D eigenvalue weighted by atomic mass is 9.72. The number of hydrogen-bond donors (Lipinski definition) is 2. The van der Waals surface area contributed by atoms with Gasteiger partial charge in [-0.15, -0.1) is 0 Å². The van der Waals surface area contributed by atoms with E-state index in [0.29, 0.717) is 36.7 Å². The molecule has 0 aliphatic carbocycles. The van der Waals surface area contributed by atoms with E-state index < -0.39 is 11.5 Å². The molecule has 220 valence electrons. The number of ether oxygens (including phenoxy) is 2. The first-order valence-electron chi connectivity index (χ1n) is 14.2. The number of amides is 4. The van der Waals surface area contributed by atoms with Gasteiger partial charge in [-0.2, -0.15) is 0 Å². The van der Waals surface area contributed by atoms with Crippen LogP contribution >= 0.6 is 0 Å². The molecule has 1 spiro atoms. The zero-order valence-corrected chi connectivity index (χ0v) is 24.8. The average molecular weight is 571 g/mol. The van der Waals surface area contributed by atoms with Gasteiger partial charge in [-0.25, -0.2) is 4.79 Å². The number of carbonyl (C=O) groups excluding carboxylic acids is 3. The van der Waals surface area contributed by atoms with Gasteiger partial charge in [0, 0.05) is 37.9 Å². The number of fused-ring (bicyclic) bond motifs is 2. The van der Waals surface area contributed by atoms with Crippen LogP contribution in [0.15, 0.2) is 66.7 Å². The van der Waals surface area contributed by atoms with Gasteiger partial charge in [-0.1, -0.05) is 50.2 Å². The Kier molecular flexibility index (Phi) is 8.11. The lowest BCUT2D eigenvalue weighted by Crippen LogP contribution is -2.44. The van der Waals surface area contributed by atoms with Crippen molar-refractivity contribution in [3.8, 4) is 11.5 Å². The maximum atomic E-state index is 14.1. The van der Waals surface area contributed by atoms with E-state index >= 15 is 0 Å². The molecule has 2 aliphatic heterocycles. The summed E-state index contributed by atoms with van der Waals surface area (Å²) < 4.78 is 10.7. The molecule has 2 N–H and O–H groups in total. The predicted octanol–water partition coefficient (Wildman–Crippen LogP) is 4.91. The summed E-state index contributed by atoms with van der Waals surface area (Å²) in [7, 11) is 4.93. The van der Waals surface area contributed by atoms with Crippen LogP contribution in [-0.4, -0.2) is 57.1 Å². The fourth-order valence-electron chi connectivity index (χ4n) is 6.30. The number of nitrogens with zero attached hydrogens (tertiary/aromatic N) is 2. The summed E-state index contributed by atoms with van der Waals surface area (Å²) in [5, 5.41) is 5.82. The average Bonchev–Trinajstić information content (AvgIpc) is 3.38. The molecule has 9 heteroatoms. The molecule has 3 aromatic carbocycles. The van der Waals surface area contributed by atoms with Crippen molar-refractivity contribution in [2.45, 2.75) is 38.1 Å². The third-order valence-corrected chi connectivity index (χ3v) is 8.14. The van der Waals surface area contributed by atoms with Crippen LogP contribution in [0.4, 0.5) is 16.2 Å². The van der Waals surface area contributed by atoms with Gasteiger partial charge in [-0.3, -0.25) is 9.59 Å².